The molecule has 0 atom stereocenters. The van der Waals surface area contributed by atoms with E-state index in [-0.39, 0.29) is 5.91 Å². The second kappa shape index (κ2) is 8.56. The molecule has 3 nitrogen and oxygen atoms in total. The van der Waals surface area contributed by atoms with Crippen LogP contribution in [-0.4, -0.2) is 29.5 Å². The van der Waals surface area contributed by atoms with E-state index in [1.165, 1.54) is 37.8 Å². The molecule has 0 radical (unpaired) electrons. The Morgan fingerprint density at radius 3 is 2.50 bits per heavy atom. The van der Waals surface area contributed by atoms with Crippen LogP contribution in [-0.2, 0) is 0 Å². The van der Waals surface area contributed by atoms with Crippen molar-refractivity contribution in [3.63, 3.8) is 0 Å². The van der Waals surface area contributed by atoms with Crippen molar-refractivity contribution in [2.45, 2.75) is 45.4 Å². The smallest absolute Gasteiger partial charge is 0.253 e. The Labute approximate surface area is 120 Å². The summed E-state index contributed by atoms with van der Waals surface area (Å²) in [6.07, 6.45) is 7.04. The number of phenolic OH excluding ortho intramolecular Hbond substituents is 1. The molecule has 0 saturated heterocycles. The summed E-state index contributed by atoms with van der Waals surface area (Å²) in [6.45, 7) is 2.87. The molecule has 0 aromatic heterocycles. The predicted molar refractivity (Wildman–Crippen MR) is 78.4 cm³/mol. The van der Waals surface area contributed by atoms with Gasteiger partial charge in [-0.05, 0) is 24.6 Å². The Morgan fingerprint density at radius 1 is 1.20 bits per heavy atom. The zero-order valence-corrected chi connectivity index (χ0v) is 12.4. The van der Waals surface area contributed by atoms with E-state index in [1.807, 2.05) is 0 Å². The molecule has 0 bridgehead atoms. The van der Waals surface area contributed by atoms with Crippen molar-refractivity contribution in [2.24, 2.45) is 0 Å². The van der Waals surface area contributed by atoms with Gasteiger partial charge in [-0.25, -0.2) is 4.39 Å². The average molecular weight is 281 g/mol. The lowest BCUT2D eigenvalue weighted by molar-refractivity contribution is 0.0792. The molecule has 0 heterocycles. The number of aromatic hydroxyl groups is 1. The zero-order valence-electron chi connectivity index (χ0n) is 12.4. The van der Waals surface area contributed by atoms with Gasteiger partial charge in [-0.1, -0.05) is 39.0 Å². The number of hydrogen-bond donors (Lipinski definition) is 1. The summed E-state index contributed by atoms with van der Waals surface area (Å²) < 4.78 is 12.9. The minimum Gasteiger partial charge on any atom is -0.505 e. The third kappa shape index (κ3) is 5.19. The van der Waals surface area contributed by atoms with E-state index in [0.29, 0.717) is 12.1 Å². The Hall–Kier alpha value is -1.58. The van der Waals surface area contributed by atoms with Crippen molar-refractivity contribution < 1.29 is 14.3 Å². The first kappa shape index (κ1) is 16.5. The number of carbonyl (C=O) groups excluding carboxylic acids is 1. The second-order valence-electron chi connectivity index (χ2n) is 5.16. The fraction of sp³-hybridized carbons (Fsp3) is 0.562. The maximum atomic E-state index is 12.9. The fourth-order valence-corrected chi connectivity index (χ4v) is 2.10. The molecule has 112 valence electrons. The van der Waals surface area contributed by atoms with Crippen molar-refractivity contribution in [1.82, 2.24) is 4.90 Å². The standard InChI is InChI=1S/C16H24FNO2/c1-3-4-5-6-7-8-11-18(2)16(20)13-9-10-14(17)15(19)12-13/h9-10,12,19H,3-8,11H2,1-2H3. The van der Waals surface area contributed by atoms with Crippen molar-refractivity contribution in [3.8, 4) is 5.75 Å². The van der Waals surface area contributed by atoms with Crippen LogP contribution in [0.3, 0.4) is 0 Å². The average Bonchev–Trinajstić information content (AvgIpc) is 2.44. The highest BCUT2D eigenvalue weighted by Gasteiger charge is 2.13. The Bertz CT molecular complexity index is 434. The van der Waals surface area contributed by atoms with E-state index in [9.17, 15) is 14.3 Å². The third-order valence-electron chi connectivity index (χ3n) is 3.39. The number of halogens is 1. The molecular weight excluding hydrogens is 257 g/mol. The lowest BCUT2D eigenvalue weighted by atomic mass is 10.1. The molecular formula is C16H24FNO2. The van der Waals surface area contributed by atoms with Crippen LogP contribution in [0.5, 0.6) is 5.75 Å². The van der Waals surface area contributed by atoms with Gasteiger partial charge in [0, 0.05) is 19.2 Å². The topological polar surface area (TPSA) is 40.5 Å². The summed E-state index contributed by atoms with van der Waals surface area (Å²) in [5.41, 5.74) is 0.317. The van der Waals surface area contributed by atoms with Crippen LogP contribution >= 0.6 is 0 Å². The fourth-order valence-electron chi connectivity index (χ4n) is 2.10. The summed E-state index contributed by atoms with van der Waals surface area (Å²) in [4.78, 5) is 13.7. The monoisotopic (exact) mass is 281 g/mol. The van der Waals surface area contributed by atoms with Crippen LogP contribution in [0, 0.1) is 5.82 Å². The number of phenols is 1. The van der Waals surface area contributed by atoms with Gasteiger partial charge in [-0.3, -0.25) is 4.79 Å². The molecule has 1 aromatic carbocycles. The van der Waals surface area contributed by atoms with Crippen molar-refractivity contribution in [2.75, 3.05) is 13.6 Å². The van der Waals surface area contributed by atoms with Crippen LogP contribution in [0.15, 0.2) is 18.2 Å². The van der Waals surface area contributed by atoms with E-state index in [1.54, 1.807) is 11.9 Å². The number of carbonyl (C=O) groups is 1. The van der Waals surface area contributed by atoms with Gasteiger partial charge >= 0.3 is 0 Å². The summed E-state index contributed by atoms with van der Waals surface area (Å²) >= 11 is 0. The molecule has 0 fully saturated rings. The predicted octanol–water partition coefficient (Wildman–Crippen LogP) is 3.96. The first-order chi connectivity index (χ1) is 9.56. The minimum absolute atomic E-state index is 0.186. The van der Waals surface area contributed by atoms with Gasteiger partial charge < -0.3 is 10.0 Å². The van der Waals surface area contributed by atoms with Crippen LogP contribution in [0.25, 0.3) is 0 Å². The molecule has 1 N–H and O–H groups in total. The number of hydrogen-bond acceptors (Lipinski definition) is 2. The maximum Gasteiger partial charge on any atom is 0.253 e. The molecule has 0 spiro atoms. The minimum atomic E-state index is -0.708. The molecule has 4 heteroatoms. The van der Waals surface area contributed by atoms with Gasteiger partial charge in [0.05, 0.1) is 0 Å². The van der Waals surface area contributed by atoms with Gasteiger partial charge in [-0.2, -0.15) is 0 Å². The molecule has 1 aromatic rings. The summed E-state index contributed by atoms with van der Waals surface area (Å²) in [5.74, 6) is -1.38. The maximum absolute atomic E-state index is 12.9. The normalized spacial score (nSPS) is 10.6. The molecule has 0 aliphatic carbocycles. The van der Waals surface area contributed by atoms with E-state index in [0.717, 1.165) is 18.9 Å². The third-order valence-corrected chi connectivity index (χ3v) is 3.39. The number of rotatable bonds is 8. The Balaban J connectivity index is 2.37. The molecule has 0 aliphatic rings. The van der Waals surface area contributed by atoms with Gasteiger partial charge in [0.15, 0.2) is 11.6 Å². The summed E-state index contributed by atoms with van der Waals surface area (Å²) in [6, 6.07) is 3.69. The summed E-state index contributed by atoms with van der Waals surface area (Å²) in [7, 11) is 1.73. The van der Waals surface area contributed by atoms with Gasteiger partial charge in [0.25, 0.3) is 5.91 Å². The molecule has 0 unspecified atom stereocenters. The van der Waals surface area contributed by atoms with Gasteiger partial charge in [0.2, 0.25) is 0 Å². The zero-order chi connectivity index (χ0) is 15.0. The van der Waals surface area contributed by atoms with Crippen molar-refractivity contribution >= 4 is 5.91 Å². The molecule has 1 rings (SSSR count). The first-order valence-electron chi connectivity index (χ1n) is 7.30. The molecule has 20 heavy (non-hydrogen) atoms. The van der Waals surface area contributed by atoms with Crippen molar-refractivity contribution in [3.05, 3.63) is 29.6 Å². The highest BCUT2D eigenvalue weighted by molar-refractivity contribution is 5.94. The van der Waals surface area contributed by atoms with Crippen molar-refractivity contribution in [1.29, 1.82) is 0 Å². The SMILES string of the molecule is CCCCCCCCN(C)C(=O)c1ccc(F)c(O)c1. The van der Waals surface area contributed by atoms with Crippen LogP contribution in [0.4, 0.5) is 4.39 Å². The highest BCUT2D eigenvalue weighted by Crippen LogP contribution is 2.18. The van der Waals surface area contributed by atoms with Gasteiger partial charge in [0.1, 0.15) is 0 Å². The number of benzene rings is 1. The van der Waals surface area contributed by atoms with Crippen LogP contribution in [0.2, 0.25) is 0 Å². The number of amides is 1. The van der Waals surface area contributed by atoms with Crippen LogP contribution in [0.1, 0.15) is 55.8 Å². The number of unbranched alkanes of at least 4 members (excludes halogenated alkanes) is 5. The lowest BCUT2D eigenvalue weighted by Gasteiger charge is -2.17. The van der Waals surface area contributed by atoms with Gasteiger partial charge in [-0.15, -0.1) is 0 Å². The Kier molecular flexibility index (Phi) is 7.05. The summed E-state index contributed by atoms with van der Waals surface area (Å²) in [5, 5.41) is 9.28. The first-order valence-corrected chi connectivity index (χ1v) is 7.30. The largest absolute Gasteiger partial charge is 0.505 e. The molecule has 0 aliphatic heterocycles. The van der Waals surface area contributed by atoms with E-state index < -0.39 is 11.6 Å². The van der Waals surface area contributed by atoms with E-state index >= 15 is 0 Å². The van der Waals surface area contributed by atoms with E-state index in [4.69, 9.17) is 0 Å². The highest BCUT2D eigenvalue weighted by atomic mass is 19.1. The quantitative estimate of drug-likeness (QED) is 0.733. The van der Waals surface area contributed by atoms with E-state index in [2.05, 4.69) is 6.92 Å². The molecule has 0 saturated carbocycles. The molecule has 1 amide bonds. The lowest BCUT2D eigenvalue weighted by Crippen LogP contribution is -2.27. The van der Waals surface area contributed by atoms with Crippen LogP contribution < -0.4 is 0 Å². The Morgan fingerprint density at radius 2 is 1.85 bits per heavy atom. The number of nitrogens with zero attached hydrogens (tertiary/aromatic N) is 1. The second-order valence-corrected chi connectivity index (χ2v) is 5.16.